The van der Waals surface area contributed by atoms with E-state index < -0.39 is 0 Å². The molecule has 0 unspecified atom stereocenters. The third-order valence-corrected chi connectivity index (χ3v) is 1.46. The highest BCUT2D eigenvalue weighted by atomic mass is 16.1. The summed E-state index contributed by atoms with van der Waals surface area (Å²) in [6.07, 6.45) is 1.91. The smallest absolute Gasteiger partial charge is 0.211 e. The summed E-state index contributed by atoms with van der Waals surface area (Å²) in [5, 5.41) is 9.50. The summed E-state index contributed by atoms with van der Waals surface area (Å²) in [7, 11) is 0. The van der Waals surface area contributed by atoms with E-state index in [0.29, 0.717) is 12.1 Å². The average Bonchev–Trinajstić information content (AvgIpc) is 2.08. The third-order valence-electron chi connectivity index (χ3n) is 1.46. The number of carbonyl (C=O) groups is 1. The molecule has 0 fully saturated rings. The Kier molecular flexibility index (Phi) is 2.44. The summed E-state index contributed by atoms with van der Waals surface area (Å²) >= 11 is 0. The molecule has 0 spiro atoms. The van der Waals surface area contributed by atoms with Crippen molar-refractivity contribution >= 4 is 23.6 Å². The molecule has 0 aliphatic rings. The molecule has 0 radical (unpaired) electrons. The number of amidine groups is 1. The number of pyridine rings is 1. The van der Waals surface area contributed by atoms with Crippen LogP contribution in [-0.4, -0.2) is 17.2 Å². The number of rotatable bonds is 3. The molecule has 1 rings (SSSR count). The van der Waals surface area contributed by atoms with Gasteiger partial charge in [-0.3, -0.25) is 15.2 Å². The molecule has 6 nitrogen and oxygen atoms in total. The molecule has 0 aliphatic carbocycles. The molecule has 6 heteroatoms. The van der Waals surface area contributed by atoms with Crippen LogP contribution in [0.3, 0.4) is 0 Å². The van der Waals surface area contributed by atoms with Crippen molar-refractivity contribution in [2.75, 3.05) is 11.1 Å². The van der Waals surface area contributed by atoms with Crippen LogP contribution in [0.4, 0.5) is 11.4 Å². The van der Waals surface area contributed by atoms with Crippen LogP contribution in [0.5, 0.6) is 0 Å². The third kappa shape index (κ3) is 1.73. The zero-order valence-corrected chi connectivity index (χ0v) is 6.74. The van der Waals surface area contributed by atoms with E-state index in [2.05, 4.69) is 10.3 Å². The predicted octanol–water partition coefficient (Wildman–Crippen LogP) is -0.484. The highest BCUT2D eigenvalue weighted by molar-refractivity contribution is 6.01. The van der Waals surface area contributed by atoms with E-state index in [9.17, 15) is 4.79 Å². The number of nitrogens with zero attached hydrogens (tertiary/aromatic N) is 1. The first-order valence-corrected chi connectivity index (χ1v) is 3.46. The molecule has 0 aliphatic heterocycles. The van der Waals surface area contributed by atoms with Crippen LogP contribution in [0.25, 0.3) is 0 Å². The molecular formula is C7H9N5O. The van der Waals surface area contributed by atoms with Crippen LogP contribution in [-0.2, 0) is 4.79 Å². The Morgan fingerprint density at radius 1 is 1.69 bits per heavy atom. The van der Waals surface area contributed by atoms with Gasteiger partial charge in [-0.25, -0.2) is 0 Å². The normalized spacial score (nSPS) is 9.23. The molecular weight excluding hydrogens is 170 g/mol. The maximum atomic E-state index is 10.1. The van der Waals surface area contributed by atoms with Gasteiger partial charge in [0.05, 0.1) is 11.4 Å². The Hall–Kier alpha value is -2.11. The molecule has 1 aromatic rings. The Bertz CT molecular complexity index is 349. The largest absolute Gasteiger partial charge is 0.395 e. The lowest BCUT2D eigenvalue weighted by atomic mass is 10.2. The van der Waals surface area contributed by atoms with Gasteiger partial charge in [-0.05, 0) is 6.07 Å². The molecule has 0 bridgehead atoms. The molecule has 0 saturated heterocycles. The Labute approximate surface area is 74.5 Å². The lowest BCUT2D eigenvalue weighted by Crippen LogP contribution is -2.16. The standard InChI is InChI=1S/C7H9N5O/c8-5-4(12-3-13)1-2-11-6(5)7(9)10/h1-3H,8H2,(H3,9,10)(H,11,12,13). The van der Waals surface area contributed by atoms with Crippen LogP contribution in [0.2, 0.25) is 0 Å². The van der Waals surface area contributed by atoms with E-state index >= 15 is 0 Å². The van der Waals surface area contributed by atoms with Crippen molar-refractivity contribution in [3.05, 3.63) is 18.0 Å². The predicted molar refractivity (Wildman–Crippen MR) is 49.4 cm³/mol. The van der Waals surface area contributed by atoms with Crippen LogP contribution >= 0.6 is 0 Å². The van der Waals surface area contributed by atoms with Crippen molar-refractivity contribution in [3.63, 3.8) is 0 Å². The van der Waals surface area contributed by atoms with Gasteiger partial charge in [0.15, 0.2) is 0 Å². The Morgan fingerprint density at radius 3 is 2.92 bits per heavy atom. The van der Waals surface area contributed by atoms with Crippen LogP contribution in [0.1, 0.15) is 5.69 Å². The molecule has 1 heterocycles. The highest BCUT2D eigenvalue weighted by Gasteiger charge is 2.07. The first kappa shape index (κ1) is 8.98. The van der Waals surface area contributed by atoms with Crippen molar-refractivity contribution in [3.8, 4) is 0 Å². The lowest BCUT2D eigenvalue weighted by molar-refractivity contribution is -0.105. The van der Waals surface area contributed by atoms with Crippen LogP contribution in [0.15, 0.2) is 12.3 Å². The second-order valence-corrected chi connectivity index (χ2v) is 2.30. The second kappa shape index (κ2) is 3.53. The fourth-order valence-electron chi connectivity index (χ4n) is 0.877. The fourth-order valence-corrected chi connectivity index (χ4v) is 0.877. The van der Waals surface area contributed by atoms with Gasteiger partial charge in [-0.1, -0.05) is 0 Å². The number of nitrogen functional groups attached to an aromatic ring is 2. The molecule has 68 valence electrons. The van der Waals surface area contributed by atoms with Gasteiger partial charge in [0.1, 0.15) is 11.5 Å². The van der Waals surface area contributed by atoms with Crippen molar-refractivity contribution in [2.45, 2.75) is 0 Å². The minimum Gasteiger partial charge on any atom is -0.395 e. The summed E-state index contributed by atoms with van der Waals surface area (Å²) in [5.74, 6) is -0.230. The molecule has 1 amide bonds. The highest BCUT2D eigenvalue weighted by Crippen LogP contribution is 2.19. The van der Waals surface area contributed by atoms with Crippen molar-refractivity contribution in [1.29, 1.82) is 5.41 Å². The first-order chi connectivity index (χ1) is 6.16. The van der Waals surface area contributed by atoms with Gasteiger partial charge >= 0.3 is 0 Å². The molecule has 0 saturated carbocycles. The quantitative estimate of drug-likeness (QED) is 0.284. The van der Waals surface area contributed by atoms with E-state index in [4.69, 9.17) is 16.9 Å². The first-order valence-electron chi connectivity index (χ1n) is 3.46. The van der Waals surface area contributed by atoms with Crippen LogP contribution in [0, 0.1) is 5.41 Å². The molecule has 13 heavy (non-hydrogen) atoms. The number of hydrogen-bond acceptors (Lipinski definition) is 4. The van der Waals surface area contributed by atoms with E-state index in [1.807, 2.05) is 0 Å². The molecule has 6 N–H and O–H groups in total. The molecule has 1 aromatic heterocycles. The monoisotopic (exact) mass is 179 g/mol. The number of nitrogens with two attached hydrogens (primary N) is 2. The minimum atomic E-state index is -0.230. The van der Waals surface area contributed by atoms with Gasteiger partial charge in [0.25, 0.3) is 0 Å². The summed E-state index contributed by atoms with van der Waals surface area (Å²) in [6.45, 7) is 0. The van der Waals surface area contributed by atoms with E-state index in [1.165, 1.54) is 12.3 Å². The second-order valence-electron chi connectivity index (χ2n) is 2.30. The number of carbonyl (C=O) groups excluding carboxylic acids is 1. The summed E-state index contributed by atoms with van der Waals surface area (Å²) in [4.78, 5) is 13.9. The average molecular weight is 179 g/mol. The molecule has 0 aromatic carbocycles. The lowest BCUT2D eigenvalue weighted by Gasteiger charge is -2.06. The number of hydrogen-bond donors (Lipinski definition) is 4. The van der Waals surface area contributed by atoms with Crippen molar-refractivity contribution in [2.24, 2.45) is 5.73 Å². The summed E-state index contributed by atoms with van der Waals surface area (Å²) in [6, 6.07) is 1.52. The van der Waals surface area contributed by atoms with E-state index in [1.54, 1.807) is 0 Å². The number of amides is 1. The number of nitrogens with one attached hydrogen (secondary N) is 2. The SMILES string of the molecule is N=C(N)c1nccc(NC=O)c1N. The summed E-state index contributed by atoms with van der Waals surface area (Å²) in [5.41, 5.74) is 11.5. The van der Waals surface area contributed by atoms with Gasteiger partial charge in [-0.2, -0.15) is 0 Å². The molecule has 0 atom stereocenters. The zero-order chi connectivity index (χ0) is 9.84. The van der Waals surface area contributed by atoms with Gasteiger partial charge in [0, 0.05) is 6.20 Å². The maximum absolute atomic E-state index is 10.1. The van der Waals surface area contributed by atoms with Crippen molar-refractivity contribution < 1.29 is 4.79 Å². The Morgan fingerprint density at radius 2 is 2.38 bits per heavy atom. The van der Waals surface area contributed by atoms with Crippen LogP contribution < -0.4 is 16.8 Å². The number of aromatic nitrogens is 1. The van der Waals surface area contributed by atoms with Crippen molar-refractivity contribution in [1.82, 2.24) is 4.98 Å². The topological polar surface area (TPSA) is 118 Å². The zero-order valence-electron chi connectivity index (χ0n) is 6.74. The van der Waals surface area contributed by atoms with Gasteiger partial charge in [0.2, 0.25) is 6.41 Å². The summed E-state index contributed by atoms with van der Waals surface area (Å²) < 4.78 is 0. The van der Waals surface area contributed by atoms with Gasteiger partial charge in [-0.15, -0.1) is 0 Å². The van der Waals surface area contributed by atoms with E-state index in [-0.39, 0.29) is 17.2 Å². The maximum Gasteiger partial charge on any atom is 0.211 e. The number of anilines is 2. The van der Waals surface area contributed by atoms with E-state index in [0.717, 1.165) is 0 Å². The minimum absolute atomic E-state index is 0.173. The fraction of sp³-hybridized carbons (Fsp3) is 0. The Balaban J connectivity index is 3.17. The van der Waals surface area contributed by atoms with Gasteiger partial charge < -0.3 is 16.8 Å².